The Hall–Kier alpha value is -0.570. The van der Waals surface area contributed by atoms with E-state index in [9.17, 15) is 4.79 Å². The normalized spacial score (nSPS) is 39.1. The topological polar surface area (TPSA) is 63.3 Å². The smallest absolute Gasteiger partial charge is 0.303 e. The number of carbonyl (C=O) groups is 1. The molecule has 16 heavy (non-hydrogen) atoms. The van der Waals surface area contributed by atoms with Crippen LogP contribution in [-0.2, 0) is 4.79 Å². The van der Waals surface area contributed by atoms with E-state index >= 15 is 0 Å². The van der Waals surface area contributed by atoms with Crippen molar-refractivity contribution in [2.75, 3.05) is 6.54 Å². The molecule has 0 bridgehead atoms. The number of hydrogen-bond acceptors (Lipinski definition) is 2. The largest absolute Gasteiger partial charge is 0.481 e. The van der Waals surface area contributed by atoms with Gasteiger partial charge in [0.15, 0.2) is 0 Å². The summed E-state index contributed by atoms with van der Waals surface area (Å²) in [6.45, 7) is 0.544. The van der Waals surface area contributed by atoms with Gasteiger partial charge < -0.3 is 10.8 Å². The van der Waals surface area contributed by atoms with E-state index in [0.717, 1.165) is 24.7 Å². The summed E-state index contributed by atoms with van der Waals surface area (Å²) in [5.41, 5.74) is 5.75. The van der Waals surface area contributed by atoms with Crippen molar-refractivity contribution in [1.82, 2.24) is 0 Å². The minimum atomic E-state index is -0.681. The van der Waals surface area contributed by atoms with E-state index in [4.69, 9.17) is 10.8 Å². The Morgan fingerprint density at radius 1 is 1.25 bits per heavy atom. The molecule has 0 heterocycles. The molecule has 3 heteroatoms. The summed E-state index contributed by atoms with van der Waals surface area (Å²) in [4.78, 5) is 10.9. The van der Waals surface area contributed by atoms with Gasteiger partial charge in [0.2, 0.25) is 0 Å². The highest BCUT2D eigenvalue weighted by Gasteiger charge is 2.41. The van der Waals surface area contributed by atoms with Gasteiger partial charge in [0.25, 0.3) is 0 Å². The fourth-order valence-corrected chi connectivity index (χ4v) is 3.82. The van der Waals surface area contributed by atoms with Gasteiger partial charge >= 0.3 is 5.97 Å². The number of carboxylic acids is 1. The summed E-state index contributed by atoms with van der Waals surface area (Å²) < 4.78 is 0. The van der Waals surface area contributed by atoms with Crippen LogP contribution in [-0.4, -0.2) is 17.6 Å². The second-order valence-corrected chi connectivity index (χ2v) is 5.82. The van der Waals surface area contributed by atoms with Crippen LogP contribution in [0.25, 0.3) is 0 Å². The lowest BCUT2D eigenvalue weighted by atomic mass is 9.60. The highest BCUT2D eigenvalue weighted by Crippen LogP contribution is 2.49. The van der Waals surface area contributed by atoms with Gasteiger partial charge in [-0.25, -0.2) is 0 Å². The molecule has 3 atom stereocenters. The zero-order chi connectivity index (χ0) is 11.6. The molecule has 0 radical (unpaired) electrons. The Labute approximate surface area is 97.4 Å². The van der Waals surface area contributed by atoms with Crippen LogP contribution >= 0.6 is 0 Å². The second kappa shape index (κ2) is 4.74. The zero-order valence-electron chi connectivity index (χ0n) is 9.95. The molecule has 0 aliphatic heterocycles. The van der Waals surface area contributed by atoms with Crippen molar-refractivity contribution in [2.24, 2.45) is 23.0 Å². The molecular weight excluding hydrogens is 202 g/mol. The van der Waals surface area contributed by atoms with Crippen LogP contribution in [0.4, 0.5) is 0 Å². The van der Waals surface area contributed by atoms with Crippen LogP contribution in [0.1, 0.15) is 51.4 Å². The van der Waals surface area contributed by atoms with E-state index in [2.05, 4.69) is 0 Å². The lowest BCUT2D eigenvalue weighted by molar-refractivity contribution is -0.141. The van der Waals surface area contributed by atoms with Gasteiger partial charge in [-0.3, -0.25) is 4.79 Å². The lowest BCUT2D eigenvalue weighted by Gasteiger charge is -2.45. The Bertz CT molecular complexity index is 267. The molecule has 92 valence electrons. The highest BCUT2D eigenvalue weighted by atomic mass is 16.4. The van der Waals surface area contributed by atoms with E-state index in [1.807, 2.05) is 0 Å². The minimum absolute atomic E-state index is 0.0929. The number of nitrogens with two attached hydrogens (primary N) is 1. The quantitative estimate of drug-likeness (QED) is 0.775. The number of rotatable bonds is 3. The second-order valence-electron chi connectivity index (χ2n) is 5.82. The molecule has 3 N–H and O–H groups in total. The monoisotopic (exact) mass is 225 g/mol. The summed E-state index contributed by atoms with van der Waals surface area (Å²) in [6, 6.07) is 0. The summed E-state index contributed by atoms with van der Waals surface area (Å²) >= 11 is 0. The van der Waals surface area contributed by atoms with Crippen LogP contribution in [0.15, 0.2) is 0 Å². The average Bonchev–Trinajstić information content (AvgIpc) is 2.28. The summed E-state index contributed by atoms with van der Waals surface area (Å²) in [5, 5.41) is 9.00. The molecule has 0 aromatic rings. The van der Waals surface area contributed by atoms with Gasteiger partial charge in [-0.05, 0) is 43.1 Å². The SMILES string of the molecule is NC[C@]1(CC(=O)O)CC[C@H]2CCCC[C@@H]2C1. The van der Waals surface area contributed by atoms with Crippen molar-refractivity contribution < 1.29 is 9.90 Å². The van der Waals surface area contributed by atoms with E-state index in [-0.39, 0.29) is 11.8 Å². The zero-order valence-corrected chi connectivity index (χ0v) is 9.95. The average molecular weight is 225 g/mol. The van der Waals surface area contributed by atoms with Crippen molar-refractivity contribution in [3.8, 4) is 0 Å². The third-order valence-corrected chi connectivity index (χ3v) is 4.77. The number of carboxylic acid groups (broad SMARTS) is 1. The maximum atomic E-state index is 10.9. The fourth-order valence-electron chi connectivity index (χ4n) is 3.82. The lowest BCUT2D eigenvalue weighted by Crippen LogP contribution is -2.41. The van der Waals surface area contributed by atoms with E-state index in [1.165, 1.54) is 32.1 Å². The van der Waals surface area contributed by atoms with Crippen molar-refractivity contribution >= 4 is 5.97 Å². The van der Waals surface area contributed by atoms with Crippen molar-refractivity contribution in [3.63, 3.8) is 0 Å². The third-order valence-electron chi connectivity index (χ3n) is 4.77. The van der Waals surface area contributed by atoms with Gasteiger partial charge in [-0.15, -0.1) is 0 Å². The van der Waals surface area contributed by atoms with Crippen molar-refractivity contribution in [1.29, 1.82) is 0 Å². The highest BCUT2D eigenvalue weighted by molar-refractivity contribution is 5.67. The molecule has 2 fully saturated rings. The van der Waals surface area contributed by atoms with Gasteiger partial charge in [0.05, 0.1) is 6.42 Å². The van der Waals surface area contributed by atoms with Crippen LogP contribution in [0.2, 0.25) is 0 Å². The fraction of sp³-hybridized carbons (Fsp3) is 0.923. The van der Waals surface area contributed by atoms with Gasteiger partial charge in [-0.2, -0.15) is 0 Å². The molecule has 2 saturated carbocycles. The summed E-state index contributed by atoms with van der Waals surface area (Å²) in [7, 11) is 0. The predicted molar refractivity (Wildman–Crippen MR) is 63.0 cm³/mol. The maximum absolute atomic E-state index is 10.9. The first kappa shape index (κ1) is 11.9. The molecule has 0 unspecified atom stereocenters. The van der Waals surface area contributed by atoms with Crippen LogP contribution in [0.3, 0.4) is 0 Å². The van der Waals surface area contributed by atoms with Crippen molar-refractivity contribution in [3.05, 3.63) is 0 Å². The molecule has 3 nitrogen and oxygen atoms in total. The van der Waals surface area contributed by atoms with E-state index in [0.29, 0.717) is 6.54 Å². The molecular formula is C13H23NO2. The van der Waals surface area contributed by atoms with Crippen LogP contribution in [0.5, 0.6) is 0 Å². The molecule has 0 saturated heterocycles. The molecule has 0 amide bonds. The standard InChI is InChI=1S/C13H23NO2/c14-9-13(8-12(15)16)6-5-10-3-1-2-4-11(10)7-13/h10-11H,1-9,14H2,(H,15,16)/t10-,11-,13-/m1/s1. The molecule has 0 aromatic carbocycles. The predicted octanol–water partition coefficient (Wildman–Crippen LogP) is 2.40. The third kappa shape index (κ3) is 2.40. The van der Waals surface area contributed by atoms with E-state index in [1.54, 1.807) is 0 Å². The number of aliphatic carboxylic acids is 1. The molecule has 0 spiro atoms. The minimum Gasteiger partial charge on any atom is -0.481 e. The van der Waals surface area contributed by atoms with Crippen LogP contribution in [0, 0.1) is 17.3 Å². The molecule has 0 aromatic heterocycles. The van der Waals surface area contributed by atoms with Crippen molar-refractivity contribution in [2.45, 2.75) is 51.4 Å². The maximum Gasteiger partial charge on any atom is 0.303 e. The van der Waals surface area contributed by atoms with E-state index < -0.39 is 5.97 Å². The first-order chi connectivity index (χ1) is 7.65. The summed E-state index contributed by atoms with van der Waals surface area (Å²) in [5.74, 6) is 0.937. The molecule has 2 aliphatic carbocycles. The number of fused-ring (bicyclic) bond motifs is 1. The Kier molecular flexibility index (Phi) is 3.53. The first-order valence-electron chi connectivity index (χ1n) is 6.57. The Morgan fingerprint density at radius 2 is 1.94 bits per heavy atom. The molecule has 2 rings (SSSR count). The van der Waals surface area contributed by atoms with Gasteiger partial charge in [-0.1, -0.05) is 25.7 Å². The first-order valence-corrected chi connectivity index (χ1v) is 6.57. The Morgan fingerprint density at radius 3 is 2.56 bits per heavy atom. The van der Waals surface area contributed by atoms with Crippen LogP contribution < -0.4 is 5.73 Å². The Balaban J connectivity index is 2.03. The van der Waals surface area contributed by atoms with Gasteiger partial charge in [0, 0.05) is 0 Å². The number of hydrogen-bond donors (Lipinski definition) is 2. The summed E-state index contributed by atoms with van der Waals surface area (Å²) in [6.07, 6.45) is 8.91. The van der Waals surface area contributed by atoms with Gasteiger partial charge in [0.1, 0.15) is 0 Å². The molecule has 2 aliphatic rings.